The molecule has 0 amide bonds. The van der Waals surface area contributed by atoms with Gasteiger partial charge in [-0.2, -0.15) is 4.91 Å². The van der Waals surface area contributed by atoms with Gasteiger partial charge in [0.1, 0.15) is 29.6 Å². The van der Waals surface area contributed by atoms with Gasteiger partial charge in [0.15, 0.2) is 0 Å². The molecule has 0 fully saturated rings. The quantitative estimate of drug-likeness (QED) is 0.347. The Morgan fingerprint density at radius 1 is 1.29 bits per heavy atom. The highest BCUT2D eigenvalue weighted by Gasteiger charge is 2.27. The summed E-state index contributed by atoms with van der Waals surface area (Å²) in [5.74, 6) is 0.581. The molecule has 0 spiro atoms. The van der Waals surface area contributed by atoms with Crippen molar-refractivity contribution < 1.29 is 18.7 Å². The fraction of sp³-hybridized carbons (Fsp3) is 0.381. The molecule has 0 bridgehead atoms. The van der Waals surface area contributed by atoms with Crippen molar-refractivity contribution in [1.29, 1.82) is 0 Å². The number of rotatable bonds is 8. The van der Waals surface area contributed by atoms with Crippen LogP contribution < -0.4 is 10.4 Å². The Kier molecular flexibility index (Phi) is 5.65. The topological polar surface area (TPSA) is 102 Å². The van der Waals surface area contributed by atoms with Gasteiger partial charge >= 0.3 is 5.63 Å². The van der Waals surface area contributed by atoms with Crippen LogP contribution in [0.25, 0.3) is 21.9 Å². The molecule has 7 heteroatoms. The predicted molar refractivity (Wildman–Crippen MR) is 107 cm³/mol. The van der Waals surface area contributed by atoms with E-state index in [9.17, 15) is 14.8 Å². The molecule has 0 aliphatic heterocycles. The van der Waals surface area contributed by atoms with Crippen LogP contribution in [0.15, 0.2) is 61.0 Å². The zero-order chi connectivity index (χ0) is 20.3. The predicted octanol–water partition coefficient (Wildman–Crippen LogP) is 4.55. The molecule has 1 aromatic carbocycles. The van der Waals surface area contributed by atoms with Gasteiger partial charge in [-0.1, -0.05) is 10.7 Å². The lowest BCUT2D eigenvalue weighted by molar-refractivity contribution is 0.0496. The monoisotopic (exact) mass is 385 g/mol. The van der Waals surface area contributed by atoms with E-state index in [1.54, 1.807) is 38.3 Å². The molecule has 148 valence electrons. The number of allylic oxidation sites excluding steroid dienone is 1. The molecule has 1 unspecified atom stereocenters. The maximum absolute atomic E-state index is 11.5. The Balaban J connectivity index is 1.75. The fourth-order valence-corrected chi connectivity index (χ4v) is 3.03. The third-order valence-corrected chi connectivity index (χ3v) is 4.72. The normalized spacial score (nSPS) is 13.8. The van der Waals surface area contributed by atoms with Gasteiger partial charge in [-0.15, -0.1) is 0 Å². The van der Waals surface area contributed by atoms with Crippen molar-refractivity contribution >= 4 is 21.9 Å². The minimum Gasteiger partial charge on any atom is -0.488 e. The molecule has 3 aromatic rings. The number of fused-ring (bicyclic) bond motifs is 2. The minimum absolute atomic E-state index is 0.298. The summed E-state index contributed by atoms with van der Waals surface area (Å²) in [4.78, 5) is 22.4. The van der Waals surface area contributed by atoms with E-state index in [0.717, 1.165) is 11.0 Å². The summed E-state index contributed by atoms with van der Waals surface area (Å²) in [5, 5.41) is 14.4. The van der Waals surface area contributed by atoms with Crippen LogP contribution in [-0.2, 0) is 0 Å². The maximum Gasteiger partial charge on any atom is 0.336 e. The molecule has 0 aliphatic carbocycles. The second-order valence-corrected chi connectivity index (χ2v) is 7.38. The Hall–Kier alpha value is -2.93. The van der Waals surface area contributed by atoms with Gasteiger partial charge < -0.3 is 18.7 Å². The average molecular weight is 385 g/mol. The summed E-state index contributed by atoms with van der Waals surface area (Å²) in [7, 11) is 0. The number of benzene rings is 1. The van der Waals surface area contributed by atoms with Crippen LogP contribution >= 0.6 is 0 Å². The van der Waals surface area contributed by atoms with Gasteiger partial charge in [0, 0.05) is 12.1 Å². The number of furan rings is 1. The molecule has 0 saturated heterocycles. The average Bonchev–Trinajstić information content (AvgIpc) is 3.08. The Bertz CT molecular complexity index is 1070. The van der Waals surface area contributed by atoms with Crippen LogP contribution in [0.2, 0.25) is 0 Å². The minimum atomic E-state index is -1.14. The summed E-state index contributed by atoms with van der Waals surface area (Å²) >= 11 is 0. The first-order valence-corrected chi connectivity index (χ1v) is 9.07. The fourth-order valence-electron chi connectivity index (χ4n) is 3.03. The van der Waals surface area contributed by atoms with E-state index >= 15 is 0 Å². The van der Waals surface area contributed by atoms with Gasteiger partial charge in [0.2, 0.25) is 0 Å². The lowest BCUT2D eigenvalue weighted by Gasteiger charge is -2.23. The molecule has 0 saturated carbocycles. The number of hydrogen-bond acceptors (Lipinski definition) is 7. The largest absolute Gasteiger partial charge is 0.488 e. The molecular weight excluding hydrogens is 362 g/mol. The van der Waals surface area contributed by atoms with E-state index in [2.05, 4.69) is 5.18 Å². The first kappa shape index (κ1) is 19.8. The van der Waals surface area contributed by atoms with Crippen LogP contribution in [0.4, 0.5) is 0 Å². The number of hydrogen-bond donors (Lipinski definition) is 1. The van der Waals surface area contributed by atoms with Gasteiger partial charge in [0.25, 0.3) is 0 Å². The highest BCUT2D eigenvalue weighted by atomic mass is 16.5. The van der Waals surface area contributed by atoms with E-state index in [1.807, 2.05) is 13.0 Å². The van der Waals surface area contributed by atoms with Crippen LogP contribution in [0.1, 0.15) is 33.6 Å². The van der Waals surface area contributed by atoms with Crippen molar-refractivity contribution in [3.05, 3.63) is 57.5 Å². The van der Waals surface area contributed by atoms with Crippen molar-refractivity contribution in [2.24, 2.45) is 5.18 Å². The second-order valence-electron chi connectivity index (χ2n) is 7.38. The summed E-state index contributed by atoms with van der Waals surface area (Å²) < 4.78 is 16.6. The van der Waals surface area contributed by atoms with Gasteiger partial charge in [-0.05, 0) is 51.8 Å². The zero-order valence-electron chi connectivity index (χ0n) is 16.1. The first-order chi connectivity index (χ1) is 13.3. The van der Waals surface area contributed by atoms with E-state index < -0.39 is 17.3 Å². The van der Waals surface area contributed by atoms with Gasteiger partial charge in [0.05, 0.1) is 22.6 Å². The molecule has 0 radical (unpaired) electrons. The van der Waals surface area contributed by atoms with Crippen LogP contribution in [0.3, 0.4) is 0 Å². The molecular formula is C21H23NO6. The second kappa shape index (κ2) is 7.98. The SMILES string of the molecule is C/C(=C\COc1c2ccoc2cc2oc(=O)ccc12)CCC(N=O)C(C)(C)O. The molecule has 3 rings (SSSR count). The summed E-state index contributed by atoms with van der Waals surface area (Å²) in [6.45, 7) is 5.39. The van der Waals surface area contributed by atoms with Crippen molar-refractivity contribution in [2.45, 2.75) is 45.3 Å². The van der Waals surface area contributed by atoms with E-state index in [-0.39, 0.29) is 0 Å². The van der Waals surface area contributed by atoms with Crippen LogP contribution in [0, 0.1) is 4.91 Å². The zero-order valence-corrected chi connectivity index (χ0v) is 16.1. The Labute approximate surface area is 161 Å². The van der Waals surface area contributed by atoms with Crippen molar-refractivity contribution in [1.82, 2.24) is 0 Å². The lowest BCUT2D eigenvalue weighted by atomic mass is 9.94. The first-order valence-electron chi connectivity index (χ1n) is 9.07. The van der Waals surface area contributed by atoms with E-state index in [1.165, 1.54) is 6.07 Å². The highest BCUT2D eigenvalue weighted by molar-refractivity contribution is 6.01. The molecule has 0 aliphatic rings. The summed E-state index contributed by atoms with van der Waals surface area (Å²) in [6.07, 6.45) is 4.55. The third kappa shape index (κ3) is 4.31. The van der Waals surface area contributed by atoms with Crippen molar-refractivity contribution in [2.75, 3.05) is 6.61 Å². The smallest absolute Gasteiger partial charge is 0.336 e. The maximum atomic E-state index is 11.5. The van der Waals surface area contributed by atoms with Crippen molar-refractivity contribution in [3.8, 4) is 5.75 Å². The van der Waals surface area contributed by atoms with Gasteiger partial charge in [-0.3, -0.25) is 0 Å². The van der Waals surface area contributed by atoms with Gasteiger partial charge in [-0.25, -0.2) is 4.79 Å². The lowest BCUT2D eigenvalue weighted by Crippen LogP contribution is -2.34. The summed E-state index contributed by atoms with van der Waals surface area (Å²) in [5.41, 5.74) is 0.412. The van der Waals surface area contributed by atoms with E-state index in [4.69, 9.17) is 13.6 Å². The van der Waals surface area contributed by atoms with Crippen LogP contribution in [-0.4, -0.2) is 23.4 Å². The number of nitroso groups, excluding NO2 is 1. The molecule has 2 aromatic heterocycles. The Morgan fingerprint density at radius 3 is 2.75 bits per heavy atom. The summed E-state index contributed by atoms with van der Waals surface area (Å²) in [6, 6.07) is 5.83. The standard InChI is InChI=1S/C21H23NO6/c1-13(4-6-18(22-25)21(2,3)24)8-10-27-20-14-5-7-19(23)28-17(14)12-16-15(20)9-11-26-16/h5,7-9,11-12,18,24H,4,6,10H2,1-3H3/b13-8+. The highest BCUT2D eigenvalue weighted by Crippen LogP contribution is 2.35. The van der Waals surface area contributed by atoms with E-state index in [0.29, 0.717) is 41.8 Å². The number of ether oxygens (including phenoxy) is 1. The molecule has 7 nitrogen and oxygen atoms in total. The Morgan fingerprint density at radius 2 is 2.04 bits per heavy atom. The number of nitrogens with zero attached hydrogens (tertiary/aromatic N) is 1. The third-order valence-electron chi connectivity index (χ3n) is 4.72. The number of aliphatic hydroxyl groups is 1. The van der Waals surface area contributed by atoms with Crippen LogP contribution in [0.5, 0.6) is 5.75 Å². The molecule has 28 heavy (non-hydrogen) atoms. The molecule has 2 heterocycles. The van der Waals surface area contributed by atoms with Crippen molar-refractivity contribution in [3.63, 3.8) is 0 Å². The molecule has 1 N–H and O–H groups in total. The molecule has 1 atom stereocenters.